The Kier molecular flexibility index (Phi) is 8.69. The van der Waals surface area contributed by atoms with Gasteiger partial charge in [0.15, 0.2) is 6.61 Å². The first-order valence-electron chi connectivity index (χ1n) is 9.10. The highest BCUT2D eigenvalue weighted by atomic mass is 32.2. The van der Waals surface area contributed by atoms with Gasteiger partial charge in [-0.2, -0.15) is 0 Å². The molecular formula is C19H24F2N2O4S. The SMILES string of the molecule is CN(C(=O)CSCC(=O)OCC(=O)Nc1ccc(F)cc1F)C1CCCCC1. The largest absolute Gasteiger partial charge is 0.455 e. The van der Waals surface area contributed by atoms with E-state index in [0.717, 1.165) is 49.6 Å². The zero-order chi connectivity index (χ0) is 20.5. The molecule has 0 atom stereocenters. The van der Waals surface area contributed by atoms with E-state index in [1.165, 1.54) is 6.42 Å². The number of amides is 2. The van der Waals surface area contributed by atoms with Crippen LogP contribution < -0.4 is 5.32 Å². The van der Waals surface area contributed by atoms with E-state index >= 15 is 0 Å². The van der Waals surface area contributed by atoms with Crippen LogP contribution in [-0.4, -0.2) is 53.9 Å². The molecule has 9 heteroatoms. The summed E-state index contributed by atoms with van der Waals surface area (Å²) in [6, 6.07) is 2.99. The minimum atomic E-state index is -0.921. The molecule has 0 radical (unpaired) electrons. The van der Waals surface area contributed by atoms with E-state index in [1.54, 1.807) is 11.9 Å². The number of anilines is 1. The third-order valence-corrected chi connectivity index (χ3v) is 5.42. The number of halogens is 2. The van der Waals surface area contributed by atoms with E-state index < -0.39 is 30.1 Å². The molecule has 2 rings (SSSR count). The highest BCUT2D eigenvalue weighted by Crippen LogP contribution is 2.22. The minimum Gasteiger partial charge on any atom is -0.455 e. The Morgan fingerprint density at radius 2 is 1.89 bits per heavy atom. The van der Waals surface area contributed by atoms with Crippen molar-refractivity contribution >= 4 is 35.2 Å². The summed E-state index contributed by atoms with van der Waals surface area (Å²) in [5.41, 5.74) is -0.201. The number of hydrogen-bond acceptors (Lipinski definition) is 5. The van der Waals surface area contributed by atoms with Crippen molar-refractivity contribution in [3.63, 3.8) is 0 Å². The van der Waals surface area contributed by atoms with Crippen molar-refractivity contribution < 1.29 is 27.9 Å². The number of esters is 1. The average molecular weight is 414 g/mol. The molecule has 6 nitrogen and oxygen atoms in total. The zero-order valence-electron chi connectivity index (χ0n) is 15.7. The lowest BCUT2D eigenvalue weighted by Crippen LogP contribution is -2.39. The normalized spacial score (nSPS) is 14.4. The lowest BCUT2D eigenvalue weighted by Gasteiger charge is -2.31. The van der Waals surface area contributed by atoms with E-state index in [-0.39, 0.29) is 29.1 Å². The first kappa shape index (κ1) is 22.1. The Morgan fingerprint density at radius 3 is 2.57 bits per heavy atom. The van der Waals surface area contributed by atoms with Crippen LogP contribution in [-0.2, 0) is 19.1 Å². The van der Waals surface area contributed by atoms with Crippen molar-refractivity contribution in [1.29, 1.82) is 0 Å². The van der Waals surface area contributed by atoms with Crippen molar-refractivity contribution in [2.45, 2.75) is 38.1 Å². The quantitative estimate of drug-likeness (QED) is 0.662. The third-order valence-electron chi connectivity index (χ3n) is 4.53. The van der Waals surface area contributed by atoms with E-state index in [4.69, 9.17) is 4.74 Å². The van der Waals surface area contributed by atoms with Gasteiger partial charge in [0.1, 0.15) is 11.6 Å². The van der Waals surface area contributed by atoms with Gasteiger partial charge in [0, 0.05) is 19.2 Å². The van der Waals surface area contributed by atoms with Crippen molar-refractivity contribution in [3.05, 3.63) is 29.8 Å². The number of ether oxygens (including phenoxy) is 1. The molecule has 0 bridgehead atoms. The van der Waals surface area contributed by atoms with Crippen LogP contribution in [0.3, 0.4) is 0 Å². The molecule has 1 N–H and O–H groups in total. The van der Waals surface area contributed by atoms with Crippen LogP contribution in [0, 0.1) is 11.6 Å². The highest BCUT2D eigenvalue weighted by molar-refractivity contribution is 8.00. The van der Waals surface area contributed by atoms with Gasteiger partial charge in [-0.3, -0.25) is 14.4 Å². The van der Waals surface area contributed by atoms with Crippen molar-refractivity contribution in [2.75, 3.05) is 30.5 Å². The minimum absolute atomic E-state index is 0.0331. The van der Waals surface area contributed by atoms with E-state index in [2.05, 4.69) is 5.32 Å². The molecule has 1 fully saturated rings. The first-order valence-corrected chi connectivity index (χ1v) is 10.3. The summed E-state index contributed by atoms with van der Waals surface area (Å²) < 4.78 is 31.1. The summed E-state index contributed by atoms with van der Waals surface area (Å²) >= 11 is 1.12. The van der Waals surface area contributed by atoms with Crippen LogP contribution in [0.25, 0.3) is 0 Å². The molecule has 1 aliphatic carbocycles. The lowest BCUT2D eigenvalue weighted by molar-refractivity contribution is -0.144. The first-order chi connectivity index (χ1) is 13.4. The molecule has 2 amide bonds. The maximum atomic E-state index is 13.4. The Labute approximate surface area is 167 Å². The van der Waals surface area contributed by atoms with Gasteiger partial charge < -0.3 is 15.0 Å². The summed E-state index contributed by atoms with van der Waals surface area (Å²) in [6.07, 6.45) is 5.50. The fourth-order valence-electron chi connectivity index (χ4n) is 2.96. The number of nitrogens with zero attached hydrogens (tertiary/aromatic N) is 1. The second-order valence-electron chi connectivity index (χ2n) is 6.62. The molecular weight excluding hydrogens is 390 g/mol. The Balaban J connectivity index is 1.64. The summed E-state index contributed by atoms with van der Waals surface area (Å²) in [6.45, 7) is -0.591. The van der Waals surface area contributed by atoms with Gasteiger partial charge in [-0.1, -0.05) is 19.3 Å². The smallest absolute Gasteiger partial charge is 0.316 e. The number of carbonyl (C=O) groups excluding carboxylic acids is 3. The van der Waals surface area contributed by atoms with Gasteiger partial charge in [0.05, 0.1) is 17.2 Å². The van der Waals surface area contributed by atoms with Gasteiger partial charge in [0.2, 0.25) is 5.91 Å². The molecule has 0 unspecified atom stereocenters. The fourth-order valence-corrected chi connectivity index (χ4v) is 3.69. The summed E-state index contributed by atoms with van der Waals surface area (Å²) in [4.78, 5) is 37.3. The number of hydrogen-bond donors (Lipinski definition) is 1. The van der Waals surface area contributed by atoms with E-state index in [1.807, 2.05) is 0 Å². The predicted octanol–water partition coefficient (Wildman–Crippen LogP) is 2.97. The van der Waals surface area contributed by atoms with Gasteiger partial charge in [-0.15, -0.1) is 11.8 Å². The Hall–Kier alpha value is -2.16. The van der Waals surface area contributed by atoms with Crippen LogP contribution in [0.2, 0.25) is 0 Å². The number of thioether (sulfide) groups is 1. The Morgan fingerprint density at radius 1 is 1.18 bits per heavy atom. The molecule has 1 aromatic carbocycles. The molecule has 0 aromatic heterocycles. The summed E-state index contributed by atoms with van der Waals surface area (Å²) in [5.74, 6) is -3.00. The molecule has 1 aliphatic rings. The standard InChI is InChI=1S/C19H24F2N2O4S/c1-23(14-5-3-2-4-6-14)18(25)11-28-12-19(26)27-10-17(24)22-16-8-7-13(20)9-15(16)21/h7-9,14H,2-6,10-12H2,1H3,(H,22,24). The summed E-state index contributed by atoms with van der Waals surface area (Å²) in [7, 11) is 1.79. The van der Waals surface area contributed by atoms with Crippen LogP contribution in [0.5, 0.6) is 0 Å². The molecule has 28 heavy (non-hydrogen) atoms. The van der Waals surface area contributed by atoms with Crippen LogP contribution in [0.4, 0.5) is 14.5 Å². The molecule has 0 aliphatic heterocycles. The van der Waals surface area contributed by atoms with Gasteiger partial charge in [-0.05, 0) is 25.0 Å². The van der Waals surface area contributed by atoms with Crippen molar-refractivity contribution in [3.8, 4) is 0 Å². The van der Waals surface area contributed by atoms with E-state index in [9.17, 15) is 23.2 Å². The number of benzene rings is 1. The maximum absolute atomic E-state index is 13.4. The topological polar surface area (TPSA) is 75.7 Å². The van der Waals surface area contributed by atoms with Crippen molar-refractivity contribution in [2.24, 2.45) is 0 Å². The molecule has 1 aromatic rings. The van der Waals surface area contributed by atoms with Crippen LogP contribution in [0.1, 0.15) is 32.1 Å². The lowest BCUT2D eigenvalue weighted by atomic mass is 9.94. The molecule has 0 saturated heterocycles. The second-order valence-corrected chi connectivity index (χ2v) is 7.61. The molecule has 154 valence electrons. The Bertz CT molecular complexity index is 711. The molecule has 0 heterocycles. The van der Waals surface area contributed by atoms with E-state index in [0.29, 0.717) is 6.07 Å². The number of nitrogens with one attached hydrogen (secondary N) is 1. The van der Waals surface area contributed by atoms with Crippen molar-refractivity contribution in [1.82, 2.24) is 4.90 Å². The number of carbonyl (C=O) groups is 3. The third kappa shape index (κ3) is 7.10. The highest BCUT2D eigenvalue weighted by Gasteiger charge is 2.22. The van der Waals surface area contributed by atoms with Gasteiger partial charge in [-0.25, -0.2) is 8.78 Å². The van der Waals surface area contributed by atoms with Crippen LogP contribution >= 0.6 is 11.8 Å². The van der Waals surface area contributed by atoms with Gasteiger partial charge >= 0.3 is 5.97 Å². The number of rotatable bonds is 8. The summed E-state index contributed by atoms with van der Waals surface area (Å²) in [5, 5.41) is 2.19. The zero-order valence-corrected chi connectivity index (χ0v) is 16.5. The molecule has 0 spiro atoms. The fraction of sp³-hybridized carbons (Fsp3) is 0.526. The monoisotopic (exact) mass is 414 g/mol. The van der Waals surface area contributed by atoms with Crippen LogP contribution in [0.15, 0.2) is 18.2 Å². The maximum Gasteiger partial charge on any atom is 0.316 e. The molecule has 1 saturated carbocycles. The second kappa shape index (κ2) is 11.0. The average Bonchev–Trinajstić information content (AvgIpc) is 2.68. The predicted molar refractivity (Wildman–Crippen MR) is 103 cm³/mol. The van der Waals surface area contributed by atoms with Gasteiger partial charge in [0.25, 0.3) is 5.91 Å².